The highest BCUT2D eigenvalue weighted by atomic mass is 35.5. The van der Waals surface area contributed by atoms with Crippen LogP contribution >= 0.6 is 23.7 Å². The normalized spacial score (nSPS) is 11.8. The van der Waals surface area contributed by atoms with E-state index in [1.165, 1.54) is 11.3 Å². The lowest BCUT2D eigenvalue weighted by molar-refractivity contribution is -0.116. The first kappa shape index (κ1) is 19.5. The van der Waals surface area contributed by atoms with E-state index in [2.05, 4.69) is 29.4 Å². The van der Waals surface area contributed by atoms with Gasteiger partial charge in [0.15, 0.2) is 0 Å². The van der Waals surface area contributed by atoms with Crippen LogP contribution in [0.1, 0.15) is 55.6 Å². The fourth-order valence-corrected chi connectivity index (χ4v) is 3.30. The number of carbonyl (C=O) groups is 1. The number of hydrogen-bond donors (Lipinski definition) is 2. The number of hydrogen-bond acceptors (Lipinski definition) is 5. The third-order valence-electron chi connectivity index (χ3n) is 3.65. The van der Waals surface area contributed by atoms with Gasteiger partial charge in [-0.25, -0.2) is 0 Å². The third kappa shape index (κ3) is 5.57. The lowest BCUT2D eigenvalue weighted by Gasteiger charge is -2.10. The average Bonchev–Trinajstić information content (AvgIpc) is 2.97. The maximum atomic E-state index is 12.1. The highest BCUT2D eigenvalue weighted by Gasteiger charge is 2.16. The molecule has 126 valence electrons. The van der Waals surface area contributed by atoms with Crippen LogP contribution < -0.4 is 11.1 Å². The van der Waals surface area contributed by atoms with E-state index >= 15 is 0 Å². The van der Waals surface area contributed by atoms with Gasteiger partial charge in [0, 0.05) is 18.4 Å². The Morgan fingerprint density at radius 3 is 2.48 bits per heavy atom. The highest BCUT2D eigenvalue weighted by molar-refractivity contribution is 7.15. The van der Waals surface area contributed by atoms with Crippen molar-refractivity contribution >= 4 is 34.8 Å². The van der Waals surface area contributed by atoms with E-state index in [0.29, 0.717) is 11.0 Å². The highest BCUT2D eigenvalue weighted by Crippen LogP contribution is 2.28. The molecule has 1 amide bonds. The molecule has 0 aliphatic heterocycles. The molecule has 7 heteroatoms. The molecule has 0 radical (unpaired) electrons. The van der Waals surface area contributed by atoms with Crippen molar-refractivity contribution in [1.29, 1.82) is 0 Å². The topological polar surface area (TPSA) is 80.9 Å². The van der Waals surface area contributed by atoms with Crippen LogP contribution in [-0.2, 0) is 4.79 Å². The van der Waals surface area contributed by atoms with Crippen LogP contribution in [0.15, 0.2) is 30.3 Å². The fraction of sp³-hybridized carbons (Fsp3) is 0.438. The lowest BCUT2D eigenvalue weighted by atomic mass is 10.0. The minimum atomic E-state index is -0.312. The summed E-state index contributed by atoms with van der Waals surface area (Å²) >= 11 is 1.45. The number of amides is 1. The maximum absolute atomic E-state index is 12.1. The van der Waals surface area contributed by atoms with Crippen LogP contribution in [0.3, 0.4) is 0 Å². The SMILES string of the molecule is CCC(CC)c1nnc(NC(=O)CC(N)c2ccccc2)s1.Cl. The number of nitrogens with zero attached hydrogens (tertiary/aromatic N) is 2. The van der Waals surface area contributed by atoms with Crippen molar-refractivity contribution in [3.05, 3.63) is 40.9 Å². The number of carbonyl (C=O) groups excluding carboxylic acids is 1. The van der Waals surface area contributed by atoms with Crippen molar-refractivity contribution in [3.63, 3.8) is 0 Å². The largest absolute Gasteiger partial charge is 0.324 e. The van der Waals surface area contributed by atoms with Crippen LogP contribution in [0.5, 0.6) is 0 Å². The molecule has 1 aromatic heterocycles. The fourth-order valence-electron chi connectivity index (χ4n) is 2.28. The van der Waals surface area contributed by atoms with Crippen molar-refractivity contribution < 1.29 is 4.79 Å². The maximum Gasteiger partial charge on any atom is 0.228 e. The first-order chi connectivity index (χ1) is 10.6. The molecule has 0 fully saturated rings. The first-order valence-corrected chi connectivity index (χ1v) is 8.39. The molecule has 0 saturated heterocycles. The Kier molecular flexibility index (Phi) is 8.16. The number of aromatic nitrogens is 2. The van der Waals surface area contributed by atoms with E-state index < -0.39 is 0 Å². The van der Waals surface area contributed by atoms with Crippen molar-refractivity contribution in [3.8, 4) is 0 Å². The predicted octanol–water partition coefficient (Wildman–Crippen LogP) is 3.89. The van der Waals surface area contributed by atoms with Crippen molar-refractivity contribution in [2.45, 2.75) is 45.1 Å². The van der Waals surface area contributed by atoms with Gasteiger partial charge < -0.3 is 11.1 Å². The Morgan fingerprint density at radius 1 is 1.22 bits per heavy atom. The summed E-state index contributed by atoms with van der Waals surface area (Å²) in [6, 6.07) is 9.30. The summed E-state index contributed by atoms with van der Waals surface area (Å²) in [5, 5.41) is 12.5. The Balaban J connectivity index is 0.00000264. The van der Waals surface area contributed by atoms with Gasteiger partial charge in [-0.15, -0.1) is 22.6 Å². The monoisotopic (exact) mass is 354 g/mol. The standard InChI is InChI=1S/C16H22N4OS.ClH/c1-3-11(4-2)15-19-20-16(22-15)18-14(21)10-13(17)12-8-6-5-7-9-12;/h5-9,11,13H,3-4,10,17H2,1-2H3,(H,18,20,21);1H. The molecular formula is C16H23ClN4OS. The molecule has 1 aromatic carbocycles. The Morgan fingerprint density at radius 2 is 1.87 bits per heavy atom. The lowest BCUT2D eigenvalue weighted by Crippen LogP contribution is -2.20. The second-order valence-electron chi connectivity index (χ2n) is 5.23. The van der Waals surface area contributed by atoms with E-state index in [1.54, 1.807) is 0 Å². The number of anilines is 1. The number of nitrogens with one attached hydrogen (secondary N) is 1. The molecule has 23 heavy (non-hydrogen) atoms. The molecular weight excluding hydrogens is 332 g/mol. The third-order valence-corrected chi connectivity index (χ3v) is 4.66. The average molecular weight is 355 g/mol. The summed E-state index contributed by atoms with van der Waals surface area (Å²) in [4.78, 5) is 12.1. The van der Waals surface area contributed by atoms with Crippen LogP contribution in [0.4, 0.5) is 5.13 Å². The summed E-state index contributed by atoms with van der Waals surface area (Å²) in [6.07, 6.45) is 2.28. The number of rotatable bonds is 7. The second kappa shape index (κ2) is 9.60. The molecule has 0 saturated carbocycles. The van der Waals surface area contributed by atoms with Crippen molar-refractivity contribution in [2.75, 3.05) is 5.32 Å². The Labute approximate surface area is 147 Å². The van der Waals surface area contributed by atoms with Gasteiger partial charge in [-0.1, -0.05) is 55.5 Å². The zero-order valence-corrected chi connectivity index (χ0v) is 15.0. The van der Waals surface area contributed by atoms with Crippen LogP contribution in [0.2, 0.25) is 0 Å². The second-order valence-corrected chi connectivity index (χ2v) is 6.24. The molecule has 0 bridgehead atoms. The predicted molar refractivity (Wildman–Crippen MR) is 97.1 cm³/mol. The summed E-state index contributed by atoms with van der Waals surface area (Å²) in [7, 11) is 0. The van der Waals surface area contributed by atoms with E-state index in [-0.39, 0.29) is 30.8 Å². The molecule has 3 N–H and O–H groups in total. The van der Waals surface area contributed by atoms with Gasteiger partial charge in [0.05, 0.1) is 0 Å². The summed E-state index contributed by atoms with van der Waals surface area (Å²) in [6.45, 7) is 4.26. The molecule has 1 atom stereocenters. The van der Waals surface area contributed by atoms with E-state index in [0.717, 1.165) is 23.4 Å². The molecule has 2 rings (SSSR count). The molecule has 1 heterocycles. The summed E-state index contributed by atoms with van der Waals surface area (Å²) in [5.41, 5.74) is 7.00. The van der Waals surface area contributed by atoms with Crippen molar-refractivity contribution in [1.82, 2.24) is 10.2 Å². The van der Waals surface area contributed by atoms with Crippen LogP contribution in [0, 0.1) is 0 Å². The smallest absolute Gasteiger partial charge is 0.228 e. The minimum Gasteiger partial charge on any atom is -0.324 e. The molecule has 0 spiro atoms. The zero-order valence-electron chi connectivity index (χ0n) is 13.4. The first-order valence-electron chi connectivity index (χ1n) is 7.57. The van der Waals surface area contributed by atoms with Crippen LogP contribution in [0.25, 0.3) is 0 Å². The Bertz CT molecular complexity index is 601. The quantitative estimate of drug-likeness (QED) is 0.790. The van der Waals surface area contributed by atoms with Gasteiger partial charge in [0.1, 0.15) is 5.01 Å². The van der Waals surface area contributed by atoms with Gasteiger partial charge in [0.25, 0.3) is 0 Å². The van der Waals surface area contributed by atoms with Gasteiger partial charge in [0.2, 0.25) is 11.0 Å². The molecule has 0 aliphatic carbocycles. The van der Waals surface area contributed by atoms with Crippen LogP contribution in [-0.4, -0.2) is 16.1 Å². The molecule has 1 unspecified atom stereocenters. The minimum absolute atomic E-state index is 0. The number of nitrogens with two attached hydrogens (primary N) is 1. The van der Waals surface area contributed by atoms with Crippen molar-refractivity contribution in [2.24, 2.45) is 5.73 Å². The van der Waals surface area contributed by atoms with Gasteiger partial charge in [-0.2, -0.15) is 0 Å². The number of benzene rings is 1. The van der Waals surface area contributed by atoms with Gasteiger partial charge >= 0.3 is 0 Å². The van der Waals surface area contributed by atoms with E-state index in [1.807, 2.05) is 30.3 Å². The van der Waals surface area contributed by atoms with Gasteiger partial charge in [-0.05, 0) is 18.4 Å². The molecule has 5 nitrogen and oxygen atoms in total. The van der Waals surface area contributed by atoms with Gasteiger partial charge in [-0.3, -0.25) is 4.79 Å². The molecule has 2 aromatic rings. The van der Waals surface area contributed by atoms with E-state index in [4.69, 9.17) is 5.73 Å². The zero-order chi connectivity index (χ0) is 15.9. The Hall–Kier alpha value is -1.50. The summed E-state index contributed by atoms with van der Waals surface area (Å²) < 4.78 is 0. The van der Waals surface area contributed by atoms with E-state index in [9.17, 15) is 4.79 Å². The molecule has 0 aliphatic rings. The number of halogens is 1. The summed E-state index contributed by atoms with van der Waals surface area (Å²) in [5.74, 6) is 0.276.